The number of hydrogen-bond acceptors (Lipinski definition) is 3. The highest BCUT2D eigenvalue weighted by molar-refractivity contribution is 7.80. The molecule has 126 valence electrons. The third kappa shape index (κ3) is 3.40. The minimum atomic E-state index is -0.205. The normalized spacial score (nSPS) is 11.1. The molecule has 0 aliphatic rings. The molecular formula is C18H15ClN4OS. The zero-order valence-electron chi connectivity index (χ0n) is 13.4. The molecule has 0 saturated carbocycles. The first-order valence-electron chi connectivity index (χ1n) is 7.48. The minimum absolute atomic E-state index is 0.0480. The average molecular weight is 371 g/mol. The Hall–Kier alpha value is -2.70. The molecule has 25 heavy (non-hydrogen) atoms. The third-order valence-corrected chi connectivity index (χ3v) is 4.19. The third-order valence-electron chi connectivity index (χ3n) is 3.72. The zero-order chi connectivity index (χ0) is 18.0. The number of benzene rings is 2. The van der Waals surface area contributed by atoms with Gasteiger partial charge in [-0.3, -0.25) is 14.8 Å². The van der Waals surface area contributed by atoms with Gasteiger partial charge < -0.3 is 5.73 Å². The van der Waals surface area contributed by atoms with Gasteiger partial charge in [0.15, 0.2) is 5.11 Å². The Morgan fingerprint density at radius 3 is 2.60 bits per heavy atom. The maximum absolute atomic E-state index is 13.0. The fraction of sp³-hybridized carbons (Fsp3) is 0.0556. The average Bonchev–Trinajstić information content (AvgIpc) is 2.87. The summed E-state index contributed by atoms with van der Waals surface area (Å²) in [6, 6.07) is 14.8. The largest absolute Gasteiger partial charge is 0.375 e. The van der Waals surface area contributed by atoms with Crippen LogP contribution in [0, 0.1) is 6.92 Å². The number of hydrogen-bond donors (Lipinski definition) is 2. The predicted molar refractivity (Wildman–Crippen MR) is 105 cm³/mol. The molecule has 0 spiro atoms. The molecule has 5 nitrogen and oxygen atoms in total. The first-order valence-corrected chi connectivity index (χ1v) is 8.26. The van der Waals surface area contributed by atoms with Gasteiger partial charge in [-0.05, 0) is 37.3 Å². The van der Waals surface area contributed by atoms with E-state index in [9.17, 15) is 4.79 Å². The number of aromatic nitrogens is 1. The van der Waals surface area contributed by atoms with Gasteiger partial charge in [-0.25, -0.2) is 0 Å². The lowest BCUT2D eigenvalue weighted by molar-refractivity contribution is 0.0965. The van der Waals surface area contributed by atoms with Gasteiger partial charge in [-0.15, -0.1) is 0 Å². The Morgan fingerprint density at radius 1 is 1.24 bits per heavy atom. The van der Waals surface area contributed by atoms with Crippen LogP contribution in [0.2, 0.25) is 5.15 Å². The number of rotatable bonds is 3. The number of hydrazone groups is 1. The Labute approximate surface area is 155 Å². The number of aryl methyl sites for hydroxylation is 1. The quantitative estimate of drug-likeness (QED) is 0.420. The molecule has 0 bridgehead atoms. The molecule has 1 aromatic heterocycles. The Bertz CT molecular complexity index is 992. The summed E-state index contributed by atoms with van der Waals surface area (Å²) in [5.41, 5.74) is 10.8. The van der Waals surface area contributed by atoms with Crippen LogP contribution in [0.3, 0.4) is 0 Å². The summed E-state index contributed by atoms with van der Waals surface area (Å²) >= 11 is 11.2. The number of nitrogens with one attached hydrogen (secondary N) is 1. The van der Waals surface area contributed by atoms with Gasteiger partial charge in [-0.2, -0.15) is 5.10 Å². The van der Waals surface area contributed by atoms with Crippen molar-refractivity contribution in [3.8, 4) is 0 Å². The number of halogens is 1. The monoisotopic (exact) mass is 370 g/mol. The van der Waals surface area contributed by atoms with Gasteiger partial charge in [0.05, 0.1) is 11.7 Å². The first-order chi connectivity index (χ1) is 12.0. The van der Waals surface area contributed by atoms with E-state index in [1.54, 1.807) is 12.1 Å². The molecular weight excluding hydrogens is 356 g/mol. The molecule has 1 heterocycles. The van der Waals surface area contributed by atoms with Crippen molar-refractivity contribution in [1.29, 1.82) is 0 Å². The maximum atomic E-state index is 13.0. The molecule has 0 aliphatic heterocycles. The molecule has 0 fully saturated rings. The number of carbonyl (C=O) groups excluding carboxylic acids is 1. The van der Waals surface area contributed by atoms with Crippen molar-refractivity contribution in [3.63, 3.8) is 0 Å². The number of para-hydroxylation sites is 1. The molecule has 0 amide bonds. The van der Waals surface area contributed by atoms with Crippen LogP contribution in [0.4, 0.5) is 0 Å². The molecule has 3 aromatic rings. The van der Waals surface area contributed by atoms with E-state index in [0.717, 1.165) is 10.9 Å². The molecule has 0 saturated heterocycles. The van der Waals surface area contributed by atoms with E-state index in [-0.39, 0.29) is 16.2 Å². The molecule has 0 radical (unpaired) electrons. The lowest BCUT2D eigenvalue weighted by Gasteiger charge is -2.06. The lowest BCUT2D eigenvalue weighted by atomic mass is 10.1. The number of nitrogens with two attached hydrogens (primary N) is 1. The molecule has 0 atom stereocenters. The highest BCUT2D eigenvalue weighted by Gasteiger charge is 2.20. The van der Waals surface area contributed by atoms with Crippen molar-refractivity contribution in [2.24, 2.45) is 10.8 Å². The van der Waals surface area contributed by atoms with Crippen molar-refractivity contribution < 1.29 is 4.79 Å². The highest BCUT2D eigenvalue weighted by Crippen LogP contribution is 2.29. The van der Waals surface area contributed by atoms with E-state index < -0.39 is 0 Å². The van der Waals surface area contributed by atoms with Crippen LogP contribution < -0.4 is 11.2 Å². The molecule has 3 rings (SSSR count). The summed E-state index contributed by atoms with van der Waals surface area (Å²) in [7, 11) is 0. The summed E-state index contributed by atoms with van der Waals surface area (Å²) in [6.07, 6.45) is 1.50. The van der Waals surface area contributed by atoms with E-state index in [1.165, 1.54) is 10.8 Å². The molecule has 0 aliphatic carbocycles. The fourth-order valence-corrected chi connectivity index (χ4v) is 2.91. The fourth-order valence-electron chi connectivity index (χ4n) is 2.54. The number of nitrogens with zero attached hydrogens (tertiary/aromatic N) is 2. The van der Waals surface area contributed by atoms with Crippen LogP contribution in [0.5, 0.6) is 0 Å². The lowest BCUT2D eigenvalue weighted by Crippen LogP contribution is -2.24. The van der Waals surface area contributed by atoms with E-state index in [4.69, 9.17) is 29.6 Å². The van der Waals surface area contributed by atoms with Crippen molar-refractivity contribution >= 4 is 52.0 Å². The SMILES string of the molecule is Cc1ccc(C(=O)n2c(Cl)c(C=NNC(N)=S)c3ccccc32)cc1. The second kappa shape index (κ2) is 7.04. The summed E-state index contributed by atoms with van der Waals surface area (Å²) in [6.45, 7) is 1.97. The topological polar surface area (TPSA) is 72.4 Å². The Morgan fingerprint density at radius 2 is 1.92 bits per heavy atom. The minimum Gasteiger partial charge on any atom is -0.375 e. The summed E-state index contributed by atoms with van der Waals surface area (Å²) < 4.78 is 1.48. The maximum Gasteiger partial charge on any atom is 0.263 e. The van der Waals surface area contributed by atoms with Crippen LogP contribution in [0.25, 0.3) is 10.9 Å². The van der Waals surface area contributed by atoms with Crippen LogP contribution in [-0.2, 0) is 0 Å². The van der Waals surface area contributed by atoms with Crippen LogP contribution in [0.1, 0.15) is 21.5 Å². The van der Waals surface area contributed by atoms with E-state index in [0.29, 0.717) is 16.6 Å². The summed E-state index contributed by atoms with van der Waals surface area (Å²) in [5.74, 6) is -0.205. The number of carbonyl (C=O) groups is 1. The van der Waals surface area contributed by atoms with E-state index >= 15 is 0 Å². The van der Waals surface area contributed by atoms with Crippen molar-refractivity contribution in [3.05, 3.63) is 70.4 Å². The van der Waals surface area contributed by atoms with Gasteiger partial charge in [0, 0.05) is 16.5 Å². The predicted octanol–water partition coefficient (Wildman–Crippen LogP) is 3.46. The standard InChI is InChI=1S/C18H15ClN4OS/c1-11-6-8-12(9-7-11)17(24)23-15-5-3-2-4-13(15)14(16(23)19)10-21-22-18(20)25/h2-10H,1H3,(H3,20,22,25). The summed E-state index contributed by atoms with van der Waals surface area (Å²) in [5, 5.41) is 5.09. The van der Waals surface area contributed by atoms with Crippen LogP contribution in [-0.4, -0.2) is 21.8 Å². The second-order valence-electron chi connectivity index (χ2n) is 5.46. The Balaban J connectivity index is 2.13. The van der Waals surface area contributed by atoms with E-state index in [1.807, 2.05) is 43.3 Å². The van der Waals surface area contributed by atoms with Gasteiger partial charge >= 0.3 is 0 Å². The van der Waals surface area contributed by atoms with Crippen LogP contribution in [0.15, 0.2) is 53.6 Å². The van der Waals surface area contributed by atoms with Crippen molar-refractivity contribution in [2.75, 3.05) is 0 Å². The summed E-state index contributed by atoms with van der Waals surface area (Å²) in [4.78, 5) is 13.0. The van der Waals surface area contributed by atoms with Crippen LogP contribution >= 0.6 is 23.8 Å². The number of thiocarbonyl (C=S) groups is 1. The molecule has 2 aromatic carbocycles. The van der Waals surface area contributed by atoms with Gasteiger partial charge in [0.2, 0.25) is 0 Å². The molecule has 0 unspecified atom stereocenters. The van der Waals surface area contributed by atoms with Gasteiger partial charge in [0.25, 0.3) is 5.91 Å². The number of fused-ring (bicyclic) bond motifs is 1. The van der Waals surface area contributed by atoms with E-state index in [2.05, 4.69) is 10.5 Å². The van der Waals surface area contributed by atoms with Gasteiger partial charge in [-0.1, -0.05) is 47.5 Å². The highest BCUT2D eigenvalue weighted by atomic mass is 35.5. The smallest absolute Gasteiger partial charge is 0.263 e. The first kappa shape index (κ1) is 17.1. The second-order valence-corrected chi connectivity index (χ2v) is 6.26. The van der Waals surface area contributed by atoms with Gasteiger partial charge in [0.1, 0.15) is 5.15 Å². The Kier molecular flexibility index (Phi) is 4.83. The zero-order valence-corrected chi connectivity index (χ0v) is 14.9. The molecule has 3 N–H and O–H groups in total. The molecule has 7 heteroatoms. The van der Waals surface area contributed by atoms with Crippen molar-refractivity contribution in [2.45, 2.75) is 6.92 Å². The van der Waals surface area contributed by atoms with Crippen molar-refractivity contribution in [1.82, 2.24) is 9.99 Å².